The molecule has 1 fully saturated rings. The van der Waals surface area contributed by atoms with Crippen molar-refractivity contribution < 1.29 is 19.1 Å². The van der Waals surface area contributed by atoms with E-state index in [0.717, 1.165) is 16.9 Å². The first-order valence-corrected chi connectivity index (χ1v) is 11.9. The van der Waals surface area contributed by atoms with Gasteiger partial charge in [-0.2, -0.15) is 0 Å². The Labute approximate surface area is 204 Å². The number of anilines is 1. The van der Waals surface area contributed by atoms with Crippen molar-refractivity contribution in [2.45, 2.75) is 26.7 Å². The molecule has 2 aromatic carbocycles. The van der Waals surface area contributed by atoms with Gasteiger partial charge in [-0.15, -0.1) is 0 Å². The Balaban J connectivity index is 1.67. The smallest absolute Gasteiger partial charge is 0.409 e. The Hall–Kier alpha value is -3.88. The minimum absolute atomic E-state index is 0.133. The zero-order chi connectivity index (χ0) is 24.9. The van der Waals surface area contributed by atoms with Crippen LogP contribution in [-0.4, -0.2) is 70.0 Å². The van der Waals surface area contributed by atoms with E-state index in [1.54, 1.807) is 29.7 Å². The van der Waals surface area contributed by atoms with Crippen molar-refractivity contribution in [2.75, 3.05) is 38.1 Å². The maximum absolute atomic E-state index is 13.7. The van der Waals surface area contributed by atoms with E-state index in [2.05, 4.69) is 5.32 Å². The van der Waals surface area contributed by atoms with E-state index in [4.69, 9.17) is 9.72 Å². The number of hydrogen-bond acceptors (Lipinski definition) is 5. The fourth-order valence-corrected chi connectivity index (χ4v) is 4.30. The summed E-state index contributed by atoms with van der Waals surface area (Å²) < 4.78 is 7.04. The Morgan fingerprint density at radius 2 is 1.69 bits per heavy atom. The summed E-state index contributed by atoms with van der Waals surface area (Å²) in [6.07, 6.45) is 0.594. The van der Waals surface area contributed by atoms with E-state index in [0.29, 0.717) is 62.4 Å². The number of aromatic nitrogens is 2. The fraction of sp³-hybridized carbons (Fsp3) is 0.385. The molecule has 0 bridgehead atoms. The standard InChI is InChI=1S/C26H31N5O4/c1-4-23(32)27-19-16-20(25(33)30-11-13-31(14-12-30)26(34)35-5-2)24-21(17-19)28-22(29(24)3)15-18-9-7-6-8-10-18/h6-10,16-17H,4-5,11-15H2,1-3H3,(H,27,32). The summed E-state index contributed by atoms with van der Waals surface area (Å²) in [7, 11) is 1.91. The second-order valence-corrected chi connectivity index (χ2v) is 8.52. The lowest BCUT2D eigenvalue weighted by Gasteiger charge is -2.34. The number of carbonyl (C=O) groups is 3. The van der Waals surface area contributed by atoms with Gasteiger partial charge in [0.05, 0.1) is 23.2 Å². The van der Waals surface area contributed by atoms with Crippen LogP contribution in [0.5, 0.6) is 0 Å². The Kier molecular flexibility index (Phi) is 7.33. The summed E-state index contributed by atoms with van der Waals surface area (Å²) in [5.41, 5.74) is 3.52. The summed E-state index contributed by atoms with van der Waals surface area (Å²) in [5, 5.41) is 2.87. The first-order valence-electron chi connectivity index (χ1n) is 11.9. The summed E-state index contributed by atoms with van der Waals surface area (Å²) >= 11 is 0. The number of piperazine rings is 1. The van der Waals surface area contributed by atoms with E-state index < -0.39 is 0 Å². The van der Waals surface area contributed by atoms with E-state index in [1.807, 2.05) is 48.0 Å². The highest BCUT2D eigenvalue weighted by Gasteiger charge is 2.28. The quantitative estimate of drug-likeness (QED) is 0.587. The van der Waals surface area contributed by atoms with Crippen LogP contribution in [0.2, 0.25) is 0 Å². The molecule has 1 N–H and O–H groups in total. The highest BCUT2D eigenvalue weighted by molar-refractivity contribution is 6.07. The Bertz CT molecular complexity index is 1230. The zero-order valence-electron chi connectivity index (χ0n) is 20.4. The molecular formula is C26H31N5O4. The van der Waals surface area contributed by atoms with Crippen molar-refractivity contribution in [1.82, 2.24) is 19.4 Å². The number of nitrogens with zero attached hydrogens (tertiary/aromatic N) is 4. The van der Waals surface area contributed by atoms with Crippen LogP contribution in [0.15, 0.2) is 42.5 Å². The molecule has 2 heterocycles. The molecule has 3 amide bonds. The molecule has 35 heavy (non-hydrogen) atoms. The van der Waals surface area contributed by atoms with Crippen LogP contribution >= 0.6 is 0 Å². The molecule has 0 atom stereocenters. The largest absolute Gasteiger partial charge is 0.450 e. The predicted octanol–water partition coefficient (Wildman–Crippen LogP) is 3.43. The predicted molar refractivity (Wildman–Crippen MR) is 133 cm³/mol. The summed E-state index contributed by atoms with van der Waals surface area (Å²) in [5.74, 6) is 0.540. The zero-order valence-corrected chi connectivity index (χ0v) is 20.4. The van der Waals surface area contributed by atoms with Gasteiger partial charge >= 0.3 is 6.09 Å². The van der Waals surface area contributed by atoms with Gasteiger partial charge in [0.25, 0.3) is 5.91 Å². The number of rotatable bonds is 6. The third kappa shape index (κ3) is 5.29. The number of imidazole rings is 1. The average Bonchev–Trinajstić information content (AvgIpc) is 3.18. The molecule has 0 aliphatic carbocycles. The SMILES string of the molecule is CCOC(=O)N1CCN(C(=O)c2cc(NC(=O)CC)cc3nc(Cc4ccccc4)n(C)c23)CC1. The van der Waals surface area contributed by atoms with Crippen molar-refractivity contribution in [3.8, 4) is 0 Å². The lowest BCUT2D eigenvalue weighted by molar-refractivity contribution is -0.115. The van der Waals surface area contributed by atoms with Crippen molar-refractivity contribution in [3.05, 3.63) is 59.4 Å². The molecule has 9 heteroatoms. The highest BCUT2D eigenvalue weighted by atomic mass is 16.6. The van der Waals surface area contributed by atoms with Gasteiger partial charge in [0.15, 0.2) is 0 Å². The summed E-state index contributed by atoms with van der Waals surface area (Å²) in [6.45, 7) is 5.49. The average molecular weight is 478 g/mol. The number of carbonyl (C=O) groups excluding carboxylic acids is 3. The van der Waals surface area contributed by atoms with Crippen molar-refractivity contribution in [2.24, 2.45) is 7.05 Å². The Morgan fingerprint density at radius 3 is 2.34 bits per heavy atom. The second-order valence-electron chi connectivity index (χ2n) is 8.52. The fourth-order valence-electron chi connectivity index (χ4n) is 4.30. The third-order valence-corrected chi connectivity index (χ3v) is 6.20. The number of nitrogens with one attached hydrogen (secondary N) is 1. The van der Waals surface area contributed by atoms with Crippen LogP contribution in [0.25, 0.3) is 11.0 Å². The number of ether oxygens (including phenoxy) is 1. The van der Waals surface area contributed by atoms with Gasteiger partial charge in [0, 0.05) is 51.8 Å². The second kappa shape index (κ2) is 10.6. The van der Waals surface area contributed by atoms with Gasteiger partial charge in [0.2, 0.25) is 5.91 Å². The maximum atomic E-state index is 13.7. The molecule has 3 aromatic rings. The van der Waals surface area contributed by atoms with Gasteiger partial charge in [0.1, 0.15) is 5.82 Å². The van der Waals surface area contributed by atoms with Crippen LogP contribution in [0, 0.1) is 0 Å². The van der Waals surface area contributed by atoms with E-state index >= 15 is 0 Å². The molecule has 1 saturated heterocycles. The van der Waals surface area contributed by atoms with Gasteiger partial charge in [-0.3, -0.25) is 9.59 Å². The molecule has 1 aliphatic rings. The minimum Gasteiger partial charge on any atom is -0.450 e. The van der Waals surface area contributed by atoms with Crippen LogP contribution < -0.4 is 5.32 Å². The number of fused-ring (bicyclic) bond motifs is 1. The van der Waals surface area contributed by atoms with Crippen LogP contribution in [0.3, 0.4) is 0 Å². The lowest BCUT2D eigenvalue weighted by Crippen LogP contribution is -2.50. The van der Waals surface area contributed by atoms with E-state index in [1.165, 1.54) is 0 Å². The van der Waals surface area contributed by atoms with Crippen LogP contribution in [0.4, 0.5) is 10.5 Å². The molecule has 9 nitrogen and oxygen atoms in total. The number of amides is 3. The Morgan fingerprint density at radius 1 is 1.00 bits per heavy atom. The first-order chi connectivity index (χ1) is 16.9. The molecule has 1 aliphatic heterocycles. The number of benzene rings is 2. The molecule has 0 saturated carbocycles. The molecule has 4 rings (SSSR count). The number of aryl methyl sites for hydroxylation is 1. The molecular weight excluding hydrogens is 446 g/mol. The third-order valence-electron chi connectivity index (χ3n) is 6.20. The van der Waals surface area contributed by atoms with E-state index in [-0.39, 0.29) is 17.9 Å². The van der Waals surface area contributed by atoms with Crippen LogP contribution in [-0.2, 0) is 23.0 Å². The van der Waals surface area contributed by atoms with Gasteiger partial charge in [-0.05, 0) is 24.6 Å². The molecule has 1 aromatic heterocycles. The van der Waals surface area contributed by atoms with Gasteiger partial charge < -0.3 is 24.4 Å². The first kappa shape index (κ1) is 24.3. The summed E-state index contributed by atoms with van der Waals surface area (Å²) in [6, 6.07) is 13.6. The molecule has 0 radical (unpaired) electrons. The topological polar surface area (TPSA) is 96.8 Å². The monoisotopic (exact) mass is 477 g/mol. The highest BCUT2D eigenvalue weighted by Crippen LogP contribution is 2.27. The maximum Gasteiger partial charge on any atom is 0.409 e. The number of hydrogen-bond donors (Lipinski definition) is 1. The van der Waals surface area contributed by atoms with Crippen molar-refractivity contribution in [1.29, 1.82) is 0 Å². The van der Waals surface area contributed by atoms with Crippen LogP contribution in [0.1, 0.15) is 42.0 Å². The minimum atomic E-state index is -0.358. The molecule has 184 valence electrons. The lowest BCUT2D eigenvalue weighted by atomic mass is 10.1. The molecule has 0 unspecified atom stereocenters. The van der Waals surface area contributed by atoms with E-state index in [9.17, 15) is 14.4 Å². The van der Waals surface area contributed by atoms with Gasteiger partial charge in [-0.25, -0.2) is 9.78 Å². The molecule has 0 spiro atoms. The summed E-state index contributed by atoms with van der Waals surface area (Å²) in [4.78, 5) is 46.0. The van der Waals surface area contributed by atoms with Crippen molar-refractivity contribution >= 4 is 34.6 Å². The normalized spacial score (nSPS) is 13.7. The van der Waals surface area contributed by atoms with Gasteiger partial charge in [-0.1, -0.05) is 37.3 Å². The van der Waals surface area contributed by atoms with Crippen molar-refractivity contribution in [3.63, 3.8) is 0 Å².